The Morgan fingerprint density at radius 1 is 1.00 bits per heavy atom. The highest BCUT2D eigenvalue weighted by Gasteiger charge is 2.37. The number of piperidine rings is 1. The van der Waals surface area contributed by atoms with Gasteiger partial charge in [-0.1, -0.05) is 0 Å². The fourth-order valence-electron chi connectivity index (χ4n) is 4.02. The molecule has 2 fully saturated rings. The third-order valence-corrected chi connectivity index (χ3v) is 5.81. The lowest BCUT2D eigenvalue weighted by atomic mass is 9.96. The van der Waals surface area contributed by atoms with Gasteiger partial charge in [0, 0.05) is 56.8 Å². The lowest BCUT2D eigenvalue weighted by Gasteiger charge is -2.31. The van der Waals surface area contributed by atoms with Crippen molar-refractivity contribution in [3.63, 3.8) is 0 Å². The Labute approximate surface area is 151 Å². The number of aliphatic carboxylic acids is 1. The van der Waals surface area contributed by atoms with E-state index in [1.165, 1.54) is 0 Å². The second kappa shape index (κ2) is 6.41. The summed E-state index contributed by atoms with van der Waals surface area (Å²) in [7, 11) is 1.84. The summed E-state index contributed by atoms with van der Waals surface area (Å²) in [6.07, 6.45) is 3.61. The number of aromatic nitrogens is 2. The maximum atomic E-state index is 13.0. The molecule has 0 bridgehead atoms. The Morgan fingerprint density at radius 2 is 1.69 bits per heavy atom. The van der Waals surface area contributed by atoms with Gasteiger partial charge in [0.05, 0.1) is 5.92 Å². The molecule has 0 unspecified atom stereocenters. The highest BCUT2D eigenvalue weighted by molar-refractivity contribution is 5.94. The van der Waals surface area contributed by atoms with Gasteiger partial charge in [0.25, 0.3) is 5.91 Å². The van der Waals surface area contributed by atoms with E-state index in [0.29, 0.717) is 51.1 Å². The second-order valence-corrected chi connectivity index (χ2v) is 7.59. The molecule has 0 radical (unpaired) electrons. The molecule has 0 spiro atoms. The number of carboxylic acids is 1. The molecular weight excluding hydrogens is 336 g/mol. The van der Waals surface area contributed by atoms with E-state index < -0.39 is 5.97 Å². The maximum absolute atomic E-state index is 13.0. The van der Waals surface area contributed by atoms with Gasteiger partial charge in [0.15, 0.2) is 5.69 Å². The van der Waals surface area contributed by atoms with Crippen LogP contribution in [0.5, 0.6) is 0 Å². The van der Waals surface area contributed by atoms with E-state index in [9.17, 15) is 14.4 Å². The van der Waals surface area contributed by atoms with Crippen LogP contribution in [0.25, 0.3) is 0 Å². The Balaban J connectivity index is 1.52. The van der Waals surface area contributed by atoms with Crippen molar-refractivity contribution in [1.29, 1.82) is 0 Å². The number of rotatable bonds is 3. The van der Waals surface area contributed by atoms with Crippen molar-refractivity contribution in [2.45, 2.75) is 38.6 Å². The zero-order valence-corrected chi connectivity index (χ0v) is 15.0. The largest absolute Gasteiger partial charge is 0.481 e. The molecule has 1 aromatic rings. The predicted molar refractivity (Wildman–Crippen MR) is 91.3 cm³/mol. The number of carboxylic acid groups (broad SMARTS) is 1. The average molecular weight is 360 g/mol. The van der Waals surface area contributed by atoms with E-state index in [0.717, 1.165) is 24.1 Å². The van der Waals surface area contributed by atoms with E-state index in [-0.39, 0.29) is 23.7 Å². The van der Waals surface area contributed by atoms with Crippen LogP contribution in [0.4, 0.5) is 0 Å². The third kappa shape index (κ3) is 2.97. The second-order valence-electron chi connectivity index (χ2n) is 7.59. The standard InChI is InChI=1S/C18H24N4O4/c1-20-14-6-9-22(16(23)11-2-3-11)10-13(14)15(19-20)17(24)21-7-4-12(5-8-21)18(25)26/h11-12H,2-10H2,1H3,(H,25,26). The molecule has 0 aromatic carbocycles. The Bertz CT molecular complexity index is 759. The number of fused-ring (bicyclic) bond motifs is 1. The summed E-state index contributed by atoms with van der Waals surface area (Å²) in [4.78, 5) is 40.0. The smallest absolute Gasteiger partial charge is 0.306 e. The Hall–Kier alpha value is -2.38. The molecule has 4 rings (SSSR count). The number of nitrogens with zero attached hydrogens (tertiary/aromatic N) is 4. The van der Waals surface area contributed by atoms with E-state index in [4.69, 9.17) is 5.11 Å². The SMILES string of the molecule is Cn1nc(C(=O)N2CCC(C(=O)O)CC2)c2c1CCN(C(=O)C1CC1)C2. The van der Waals surface area contributed by atoms with Crippen LogP contribution in [0, 0.1) is 11.8 Å². The highest BCUT2D eigenvalue weighted by Crippen LogP contribution is 2.33. The summed E-state index contributed by atoms with van der Waals surface area (Å²) in [5.41, 5.74) is 2.30. The van der Waals surface area contributed by atoms with Crippen LogP contribution >= 0.6 is 0 Å². The number of hydrogen-bond donors (Lipinski definition) is 1. The first-order valence-corrected chi connectivity index (χ1v) is 9.31. The van der Waals surface area contributed by atoms with Crippen LogP contribution in [-0.2, 0) is 29.6 Å². The molecule has 1 aliphatic carbocycles. The van der Waals surface area contributed by atoms with Gasteiger partial charge in [-0.15, -0.1) is 0 Å². The first kappa shape index (κ1) is 17.1. The fraction of sp³-hybridized carbons (Fsp3) is 0.667. The number of likely N-dealkylation sites (tertiary alicyclic amines) is 1. The van der Waals surface area contributed by atoms with Gasteiger partial charge in [0.2, 0.25) is 5.91 Å². The molecular formula is C18H24N4O4. The Kier molecular flexibility index (Phi) is 4.20. The number of amides is 2. The molecule has 0 atom stereocenters. The molecule has 8 heteroatoms. The van der Waals surface area contributed by atoms with Gasteiger partial charge in [-0.05, 0) is 25.7 Å². The van der Waals surface area contributed by atoms with Crippen molar-refractivity contribution in [3.05, 3.63) is 17.0 Å². The van der Waals surface area contributed by atoms with Gasteiger partial charge in [-0.25, -0.2) is 0 Å². The van der Waals surface area contributed by atoms with Crippen LogP contribution in [-0.4, -0.2) is 62.1 Å². The Morgan fingerprint density at radius 3 is 2.31 bits per heavy atom. The molecule has 1 saturated heterocycles. The first-order chi connectivity index (χ1) is 12.5. The number of carbonyl (C=O) groups is 3. The van der Waals surface area contributed by atoms with Crippen LogP contribution in [0.15, 0.2) is 0 Å². The minimum Gasteiger partial charge on any atom is -0.481 e. The fourth-order valence-corrected chi connectivity index (χ4v) is 4.02. The molecule has 1 N–H and O–H groups in total. The molecule has 3 heterocycles. The zero-order valence-electron chi connectivity index (χ0n) is 15.0. The van der Waals surface area contributed by atoms with Gasteiger partial charge >= 0.3 is 5.97 Å². The summed E-state index contributed by atoms with van der Waals surface area (Å²) in [5.74, 6) is -0.945. The average Bonchev–Trinajstić information content (AvgIpc) is 3.45. The van der Waals surface area contributed by atoms with Crippen LogP contribution < -0.4 is 0 Å². The van der Waals surface area contributed by atoms with Crippen molar-refractivity contribution < 1.29 is 19.5 Å². The van der Waals surface area contributed by atoms with E-state index >= 15 is 0 Å². The first-order valence-electron chi connectivity index (χ1n) is 9.31. The molecule has 2 aliphatic heterocycles. The van der Waals surface area contributed by atoms with Gasteiger partial charge in [-0.3, -0.25) is 19.1 Å². The summed E-state index contributed by atoms with van der Waals surface area (Å²) < 4.78 is 1.76. The maximum Gasteiger partial charge on any atom is 0.306 e. The monoisotopic (exact) mass is 360 g/mol. The molecule has 2 amide bonds. The molecule has 140 valence electrons. The zero-order chi connectivity index (χ0) is 18.4. The quantitative estimate of drug-likeness (QED) is 0.854. The van der Waals surface area contributed by atoms with Crippen molar-refractivity contribution in [2.75, 3.05) is 19.6 Å². The van der Waals surface area contributed by atoms with Gasteiger partial charge in [-0.2, -0.15) is 5.10 Å². The number of aryl methyl sites for hydroxylation is 1. The summed E-state index contributed by atoms with van der Waals surface area (Å²) in [5, 5.41) is 13.6. The number of carbonyl (C=O) groups excluding carboxylic acids is 2. The van der Waals surface area contributed by atoms with Crippen molar-refractivity contribution in [3.8, 4) is 0 Å². The van der Waals surface area contributed by atoms with E-state index in [1.807, 2.05) is 11.9 Å². The third-order valence-electron chi connectivity index (χ3n) is 5.81. The molecule has 8 nitrogen and oxygen atoms in total. The summed E-state index contributed by atoms with van der Waals surface area (Å²) in [6.45, 7) is 2.00. The van der Waals surface area contributed by atoms with Crippen molar-refractivity contribution in [2.24, 2.45) is 18.9 Å². The summed E-state index contributed by atoms with van der Waals surface area (Å²) >= 11 is 0. The van der Waals surface area contributed by atoms with Crippen molar-refractivity contribution >= 4 is 17.8 Å². The van der Waals surface area contributed by atoms with Crippen molar-refractivity contribution in [1.82, 2.24) is 19.6 Å². The minimum absolute atomic E-state index is 0.147. The highest BCUT2D eigenvalue weighted by atomic mass is 16.4. The van der Waals surface area contributed by atoms with Gasteiger partial charge in [0.1, 0.15) is 0 Å². The molecule has 26 heavy (non-hydrogen) atoms. The molecule has 1 saturated carbocycles. The predicted octanol–water partition coefficient (Wildman–Crippen LogP) is 0.652. The lowest BCUT2D eigenvalue weighted by Crippen LogP contribution is -2.41. The van der Waals surface area contributed by atoms with Crippen LogP contribution in [0.3, 0.4) is 0 Å². The topological polar surface area (TPSA) is 95.7 Å². The summed E-state index contributed by atoms with van der Waals surface area (Å²) in [6, 6.07) is 0. The molecule has 1 aromatic heterocycles. The van der Waals surface area contributed by atoms with Crippen LogP contribution in [0.2, 0.25) is 0 Å². The minimum atomic E-state index is -0.790. The lowest BCUT2D eigenvalue weighted by molar-refractivity contribution is -0.143. The van der Waals surface area contributed by atoms with E-state index in [1.54, 1.807) is 9.58 Å². The van der Waals surface area contributed by atoms with Gasteiger partial charge < -0.3 is 14.9 Å². The van der Waals surface area contributed by atoms with E-state index in [2.05, 4.69) is 5.10 Å². The molecule has 3 aliphatic rings. The van der Waals surface area contributed by atoms with Crippen LogP contribution in [0.1, 0.15) is 47.4 Å². The normalized spacial score (nSPS) is 20.8. The number of hydrogen-bond acceptors (Lipinski definition) is 4.